The van der Waals surface area contributed by atoms with Crippen LogP contribution >= 0.6 is 0 Å². The standard InChI is InChI=1S/C14H15NO3/c1-9-11(7-8-13(16)18-2)15-12-6-4-3-5-10(12)14(9)17/h3-6H,7-8H2,1-2H3,(H,15,17). The van der Waals surface area contributed by atoms with Crippen molar-refractivity contribution in [3.8, 4) is 0 Å². The van der Waals surface area contributed by atoms with Gasteiger partial charge < -0.3 is 9.72 Å². The van der Waals surface area contributed by atoms with E-state index in [0.717, 1.165) is 11.2 Å². The highest BCUT2D eigenvalue weighted by Gasteiger charge is 2.09. The smallest absolute Gasteiger partial charge is 0.305 e. The number of rotatable bonds is 3. The Labute approximate surface area is 105 Å². The Kier molecular flexibility index (Phi) is 3.46. The number of H-pyrrole nitrogens is 1. The normalized spacial score (nSPS) is 10.6. The molecule has 0 unspecified atom stereocenters. The molecule has 0 amide bonds. The predicted molar refractivity (Wildman–Crippen MR) is 69.6 cm³/mol. The third-order valence-corrected chi connectivity index (χ3v) is 3.06. The lowest BCUT2D eigenvalue weighted by Gasteiger charge is -2.07. The fourth-order valence-electron chi connectivity index (χ4n) is 1.96. The topological polar surface area (TPSA) is 59.2 Å². The zero-order chi connectivity index (χ0) is 13.1. The molecule has 1 aromatic carbocycles. The number of pyridine rings is 1. The number of fused-ring (bicyclic) bond motifs is 1. The van der Waals surface area contributed by atoms with Crippen LogP contribution in [0.1, 0.15) is 17.7 Å². The van der Waals surface area contributed by atoms with E-state index >= 15 is 0 Å². The van der Waals surface area contributed by atoms with Gasteiger partial charge in [0.1, 0.15) is 0 Å². The second kappa shape index (κ2) is 5.04. The third-order valence-electron chi connectivity index (χ3n) is 3.06. The molecule has 2 aromatic rings. The third kappa shape index (κ3) is 2.27. The van der Waals surface area contributed by atoms with Crippen molar-refractivity contribution in [1.82, 2.24) is 4.98 Å². The number of hydrogen-bond acceptors (Lipinski definition) is 3. The van der Waals surface area contributed by atoms with E-state index in [1.54, 1.807) is 13.0 Å². The number of esters is 1. The Hall–Kier alpha value is -2.10. The molecule has 4 heteroatoms. The molecule has 0 radical (unpaired) electrons. The number of methoxy groups -OCH3 is 1. The number of benzene rings is 1. The number of ether oxygens (including phenoxy) is 1. The summed E-state index contributed by atoms with van der Waals surface area (Å²) in [5.41, 5.74) is 2.28. The summed E-state index contributed by atoms with van der Waals surface area (Å²) in [6, 6.07) is 7.37. The van der Waals surface area contributed by atoms with Gasteiger partial charge in [0, 0.05) is 22.2 Å². The van der Waals surface area contributed by atoms with E-state index < -0.39 is 0 Å². The van der Waals surface area contributed by atoms with E-state index in [4.69, 9.17) is 0 Å². The number of carbonyl (C=O) groups excluding carboxylic acids is 1. The number of aromatic amines is 1. The molecule has 4 nitrogen and oxygen atoms in total. The Bertz CT molecular complexity index is 643. The Morgan fingerprint density at radius 1 is 1.33 bits per heavy atom. The number of nitrogens with one attached hydrogen (secondary N) is 1. The molecule has 0 saturated heterocycles. The van der Waals surface area contributed by atoms with Gasteiger partial charge in [-0.25, -0.2) is 0 Å². The van der Waals surface area contributed by atoms with Crippen LogP contribution in [0.3, 0.4) is 0 Å². The fraction of sp³-hybridized carbons (Fsp3) is 0.286. The van der Waals surface area contributed by atoms with Crippen LogP contribution in [0.25, 0.3) is 10.9 Å². The lowest BCUT2D eigenvalue weighted by Crippen LogP contribution is -2.13. The van der Waals surface area contributed by atoms with Gasteiger partial charge >= 0.3 is 5.97 Å². The van der Waals surface area contributed by atoms with Crippen molar-refractivity contribution in [3.05, 3.63) is 45.7 Å². The molecular weight excluding hydrogens is 230 g/mol. The summed E-state index contributed by atoms with van der Waals surface area (Å²) >= 11 is 0. The lowest BCUT2D eigenvalue weighted by molar-refractivity contribution is -0.140. The monoisotopic (exact) mass is 245 g/mol. The minimum atomic E-state index is -0.275. The molecule has 0 saturated carbocycles. The van der Waals surface area contributed by atoms with E-state index in [9.17, 15) is 9.59 Å². The van der Waals surface area contributed by atoms with Gasteiger partial charge in [-0.3, -0.25) is 9.59 Å². The van der Waals surface area contributed by atoms with E-state index in [1.807, 2.05) is 18.2 Å². The van der Waals surface area contributed by atoms with Gasteiger partial charge in [0.05, 0.1) is 13.5 Å². The van der Waals surface area contributed by atoms with Gasteiger partial charge in [-0.2, -0.15) is 0 Å². The maximum absolute atomic E-state index is 12.1. The largest absolute Gasteiger partial charge is 0.469 e. The van der Waals surface area contributed by atoms with Gasteiger partial charge in [-0.05, 0) is 25.5 Å². The first kappa shape index (κ1) is 12.4. The molecule has 0 aliphatic heterocycles. The summed E-state index contributed by atoms with van der Waals surface area (Å²) in [6.07, 6.45) is 0.754. The van der Waals surface area contributed by atoms with Crippen LogP contribution < -0.4 is 5.43 Å². The minimum absolute atomic E-state index is 0.0178. The first-order chi connectivity index (χ1) is 8.63. The van der Waals surface area contributed by atoms with Crippen molar-refractivity contribution >= 4 is 16.9 Å². The maximum Gasteiger partial charge on any atom is 0.305 e. The van der Waals surface area contributed by atoms with Gasteiger partial charge in [-0.15, -0.1) is 0 Å². The van der Waals surface area contributed by atoms with E-state index in [0.29, 0.717) is 17.4 Å². The molecular formula is C14H15NO3. The van der Waals surface area contributed by atoms with Crippen molar-refractivity contribution in [3.63, 3.8) is 0 Å². The average molecular weight is 245 g/mol. The Morgan fingerprint density at radius 3 is 2.78 bits per heavy atom. The molecule has 1 N–H and O–H groups in total. The summed E-state index contributed by atoms with van der Waals surface area (Å²) in [5, 5.41) is 0.678. The van der Waals surface area contributed by atoms with E-state index in [-0.39, 0.29) is 17.8 Å². The summed E-state index contributed by atoms with van der Waals surface area (Å²) in [5.74, 6) is -0.275. The molecule has 2 rings (SSSR count). The number of para-hydroxylation sites is 1. The van der Waals surface area contributed by atoms with Crippen molar-refractivity contribution in [2.24, 2.45) is 0 Å². The van der Waals surface area contributed by atoms with E-state index in [2.05, 4.69) is 9.72 Å². The van der Waals surface area contributed by atoms with Crippen LogP contribution in [-0.2, 0) is 16.0 Å². The highest BCUT2D eigenvalue weighted by Crippen LogP contribution is 2.12. The average Bonchev–Trinajstić information content (AvgIpc) is 2.41. The number of carbonyl (C=O) groups is 1. The molecule has 1 aromatic heterocycles. The van der Waals surface area contributed by atoms with Gasteiger partial charge in [0.2, 0.25) is 0 Å². The molecule has 0 aliphatic rings. The number of aryl methyl sites for hydroxylation is 1. The van der Waals surface area contributed by atoms with Crippen LogP contribution in [0.5, 0.6) is 0 Å². The summed E-state index contributed by atoms with van der Waals surface area (Å²) in [4.78, 5) is 26.5. The highest BCUT2D eigenvalue weighted by molar-refractivity contribution is 5.79. The molecule has 18 heavy (non-hydrogen) atoms. The Balaban J connectivity index is 2.43. The second-order valence-electron chi connectivity index (χ2n) is 4.18. The molecule has 0 atom stereocenters. The molecule has 0 aliphatic carbocycles. The fourth-order valence-corrected chi connectivity index (χ4v) is 1.96. The van der Waals surface area contributed by atoms with Crippen molar-refractivity contribution in [2.75, 3.05) is 7.11 Å². The molecule has 94 valence electrons. The van der Waals surface area contributed by atoms with Crippen molar-refractivity contribution in [1.29, 1.82) is 0 Å². The zero-order valence-corrected chi connectivity index (χ0v) is 10.4. The SMILES string of the molecule is COC(=O)CCc1[nH]c2ccccc2c(=O)c1C. The summed E-state index contributed by atoms with van der Waals surface area (Å²) in [7, 11) is 1.36. The minimum Gasteiger partial charge on any atom is -0.469 e. The first-order valence-electron chi connectivity index (χ1n) is 5.81. The maximum atomic E-state index is 12.1. The highest BCUT2D eigenvalue weighted by atomic mass is 16.5. The van der Waals surface area contributed by atoms with Crippen LogP contribution in [0.15, 0.2) is 29.1 Å². The lowest BCUT2D eigenvalue weighted by atomic mass is 10.1. The summed E-state index contributed by atoms with van der Waals surface area (Å²) in [6.45, 7) is 1.78. The first-order valence-corrected chi connectivity index (χ1v) is 5.81. The van der Waals surface area contributed by atoms with E-state index in [1.165, 1.54) is 7.11 Å². The molecule has 0 spiro atoms. The van der Waals surface area contributed by atoms with Crippen LogP contribution in [0, 0.1) is 6.92 Å². The van der Waals surface area contributed by atoms with Crippen molar-refractivity contribution in [2.45, 2.75) is 19.8 Å². The van der Waals surface area contributed by atoms with Gasteiger partial charge in [0.15, 0.2) is 5.43 Å². The number of hydrogen-bond donors (Lipinski definition) is 1. The zero-order valence-electron chi connectivity index (χ0n) is 10.4. The van der Waals surface area contributed by atoms with Crippen molar-refractivity contribution < 1.29 is 9.53 Å². The molecule has 0 fully saturated rings. The molecule has 1 heterocycles. The van der Waals surface area contributed by atoms with Gasteiger partial charge in [0.25, 0.3) is 0 Å². The number of aromatic nitrogens is 1. The predicted octanol–water partition coefficient (Wildman–Crippen LogP) is 1.94. The van der Waals surface area contributed by atoms with Gasteiger partial charge in [-0.1, -0.05) is 12.1 Å². The molecule has 0 bridgehead atoms. The second-order valence-corrected chi connectivity index (χ2v) is 4.18. The quantitative estimate of drug-likeness (QED) is 0.841. The Morgan fingerprint density at radius 2 is 2.06 bits per heavy atom. The summed E-state index contributed by atoms with van der Waals surface area (Å²) < 4.78 is 4.60. The van der Waals surface area contributed by atoms with Crippen LogP contribution in [-0.4, -0.2) is 18.1 Å². The van der Waals surface area contributed by atoms with Crippen LogP contribution in [0.4, 0.5) is 0 Å². The van der Waals surface area contributed by atoms with Crippen LogP contribution in [0.2, 0.25) is 0 Å².